The Hall–Kier alpha value is -1.68. The Kier molecular flexibility index (Phi) is 4.90. The van der Waals surface area contributed by atoms with Crippen LogP contribution in [-0.4, -0.2) is 30.8 Å². The first-order chi connectivity index (χ1) is 9.58. The van der Waals surface area contributed by atoms with E-state index in [2.05, 4.69) is 12.2 Å². The van der Waals surface area contributed by atoms with Gasteiger partial charge in [-0.05, 0) is 45.2 Å². The highest BCUT2D eigenvalue weighted by Gasteiger charge is 2.24. The molecule has 0 saturated carbocycles. The third-order valence-corrected chi connectivity index (χ3v) is 4.05. The second-order valence-corrected chi connectivity index (χ2v) is 5.63. The van der Waals surface area contributed by atoms with Gasteiger partial charge in [0.2, 0.25) is 0 Å². The molecule has 1 aromatic rings. The van der Waals surface area contributed by atoms with E-state index in [1.165, 1.54) is 31.1 Å². The molecule has 0 radical (unpaired) electrons. The summed E-state index contributed by atoms with van der Waals surface area (Å²) in [5.74, 6) is -0.0398. The summed E-state index contributed by atoms with van der Waals surface area (Å²) in [5.41, 5.74) is 1.19. The number of likely N-dealkylation sites (tertiary alicyclic amines) is 1. The lowest BCUT2D eigenvalue weighted by Gasteiger charge is -2.29. The minimum absolute atomic E-state index is 0.0116. The Morgan fingerprint density at radius 3 is 2.75 bits per heavy atom. The molecule has 4 nitrogen and oxygen atoms in total. The van der Waals surface area contributed by atoms with Crippen LogP contribution < -0.4 is 10.2 Å². The van der Waals surface area contributed by atoms with Gasteiger partial charge < -0.3 is 10.2 Å². The Morgan fingerprint density at radius 1 is 1.30 bits per heavy atom. The van der Waals surface area contributed by atoms with E-state index in [1.54, 1.807) is 12.1 Å². The maximum Gasteiger partial charge on any atom is 0.279 e. The number of hydrogen-bond donors (Lipinski definition) is 2. The van der Waals surface area contributed by atoms with E-state index in [1.807, 2.05) is 12.1 Å². The molecule has 0 aliphatic carbocycles. The van der Waals surface area contributed by atoms with Gasteiger partial charge in [-0.15, -0.1) is 0 Å². The predicted octanol–water partition coefficient (Wildman–Crippen LogP) is 1.28. The van der Waals surface area contributed by atoms with E-state index in [-0.39, 0.29) is 11.7 Å². The summed E-state index contributed by atoms with van der Waals surface area (Å²) in [6, 6.07) is 7.71. The number of rotatable bonds is 4. The zero-order valence-corrected chi connectivity index (χ0v) is 12.2. The summed E-state index contributed by atoms with van der Waals surface area (Å²) >= 11 is 0. The molecule has 1 aliphatic heterocycles. The van der Waals surface area contributed by atoms with Crippen molar-refractivity contribution in [2.24, 2.45) is 0 Å². The number of carbonyl (C=O) groups excluding carboxylic acids is 2. The minimum Gasteiger partial charge on any atom is -0.325 e. The Balaban J connectivity index is 1.99. The molecular weight excluding hydrogens is 252 g/mol. The van der Waals surface area contributed by atoms with Gasteiger partial charge in [0.05, 0.1) is 18.3 Å². The van der Waals surface area contributed by atoms with Crippen LogP contribution >= 0.6 is 0 Å². The fourth-order valence-corrected chi connectivity index (χ4v) is 2.82. The third kappa shape index (κ3) is 3.67. The van der Waals surface area contributed by atoms with Gasteiger partial charge in [-0.1, -0.05) is 12.1 Å². The molecule has 1 aliphatic rings. The van der Waals surface area contributed by atoms with Gasteiger partial charge in [-0.25, -0.2) is 0 Å². The molecular formula is C16H23N2O2+. The normalized spacial score (nSPS) is 22.3. The lowest BCUT2D eigenvalue weighted by molar-refractivity contribution is -0.920. The van der Waals surface area contributed by atoms with Crippen molar-refractivity contribution in [1.29, 1.82) is 0 Å². The molecule has 1 saturated heterocycles. The number of nitrogens with one attached hydrogen (secondary N) is 2. The molecule has 2 N–H and O–H groups in total. The molecule has 1 amide bonds. The first-order valence-electron chi connectivity index (χ1n) is 7.32. The molecule has 0 spiro atoms. The summed E-state index contributed by atoms with van der Waals surface area (Å²) in [7, 11) is 0. The van der Waals surface area contributed by atoms with Crippen LogP contribution in [0.15, 0.2) is 24.3 Å². The average molecular weight is 275 g/mol. The number of para-hydroxylation sites is 1. The monoisotopic (exact) mass is 275 g/mol. The fourth-order valence-electron chi connectivity index (χ4n) is 2.82. The number of carbonyl (C=O) groups is 2. The van der Waals surface area contributed by atoms with Crippen LogP contribution in [0.3, 0.4) is 0 Å². The topological polar surface area (TPSA) is 50.6 Å². The van der Waals surface area contributed by atoms with E-state index in [4.69, 9.17) is 0 Å². The van der Waals surface area contributed by atoms with Crippen molar-refractivity contribution in [3.8, 4) is 0 Å². The lowest BCUT2D eigenvalue weighted by atomic mass is 10.0. The number of anilines is 1. The second kappa shape index (κ2) is 6.66. The highest BCUT2D eigenvalue weighted by atomic mass is 16.2. The van der Waals surface area contributed by atoms with Crippen LogP contribution in [0.5, 0.6) is 0 Å². The number of piperidine rings is 1. The van der Waals surface area contributed by atoms with E-state index in [0.29, 0.717) is 23.8 Å². The SMILES string of the molecule is CC(=O)c1ccccc1NC(=O)C[NH+]1CCCC[C@@H]1C. The fraction of sp³-hybridized carbons (Fsp3) is 0.500. The number of Topliss-reactive ketones (excluding diaryl/α,β-unsaturated/α-hetero) is 1. The first-order valence-corrected chi connectivity index (χ1v) is 7.32. The number of benzene rings is 1. The smallest absolute Gasteiger partial charge is 0.279 e. The zero-order chi connectivity index (χ0) is 14.5. The van der Waals surface area contributed by atoms with E-state index in [9.17, 15) is 9.59 Å². The summed E-state index contributed by atoms with van der Waals surface area (Å²) in [6.07, 6.45) is 3.64. The van der Waals surface area contributed by atoms with Gasteiger partial charge in [-0.2, -0.15) is 0 Å². The summed E-state index contributed by atoms with van der Waals surface area (Å²) in [6.45, 7) is 5.25. The van der Waals surface area contributed by atoms with E-state index < -0.39 is 0 Å². The molecule has 1 aromatic carbocycles. The zero-order valence-electron chi connectivity index (χ0n) is 12.2. The summed E-state index contributed by atoms with van der Waals surface area (Å²) in [4.78, 5) is 25.0. The molecule has 20 heavy (non-hydrogen) atoms. The van der Waals surface area contributed by atoms with E-state index in [0.717, 1.165) is 6.54 Å². The predicted molar refractivity (Wildman–Crippen MR) is 79.1 cm³/mol. The Labute approximate surface area is 120 Å². The van der Waals surface area contributed by atoms with Crippen LogP contribution in [0.1, 0.15) is 43.5 Å². The van der Waals surface area contributed by atoms with Gasteiger partial charge >= 0.3 is 0 Å². The van der Waals surface area contributed by atoms with Gasteiger partial charge in [-0.3, -0.25) is 9.59 Å². The third-order valence-electron chi connectivity index (χ3n) is 4.05. The Bertz CT molecular complexity index is 499. The molecule has 1 unspecified atom stereocenters. The van der Waals surface area contributed by atoms with Crippen LogP contribution in [-0.2, 0) is 4.79 Å². The highest BCUT2D eigenvalue weighted by molar-refractivity contribution is 6.03. The number of amides is 1. The van der Waals surface area contributed by atoms with Crippen molar-refractivity contribution in [2.75, 3.05) is 18.4 Å². The van der Waals surface area contributed by atoms with Gasteiger partial charge in [0.25, 0.3) is 5.91 Å². The molecule has 1 fully saturated rings. The van der Waals surface area contributed by atoms with E-state index >= 15 is 0 Å². The molecule has 0 bridgehead atoms. The van der Waals surface area contributed by atoms with Crippen LogP contribution in [0.25, 0.3) is 0 Å². The maximum atomic E-state index is 12.2. The number of ketones is 1. The van der Waals surface area contributed by atoms with Crippen molar-refractivity contribution in [2.45, 2.75) is 39.2 Å². The summed E-state index contributed by atoms with van der Waals surface area (Å²) in [5, 5.41) is 2.88. The van der Waals surface area contributed by atoms with Crippen molar-refractivity contribution in [3.05, 3.63) is 29.8 Å². The maximum absolute atomic E-state index is 12.2. The van der Waals surface area contributed by atoms with Crippen LogP contribution in [0.2, 0.25) is 0 Å². The largest absolute Gasteiger partial charge is 0.325 e. The molecule has 0 aromatic heterocycles. The van der Waals surface area contributed by atoms with Crippen molar-refractivity contribution in [1.82, 2.24) is 0 Å². The lowest BCUT2D eigenvalue weighted by Crippen LogP contribution is -3.17. The second-order valence-electron chi connectivity index (χ2n) is 5.63. The Morgan fingerprint density at radius 2 is 2.05 bits per heavy atom. The van der Waals surface area contributed by atoms with Gasteiger partial charge in [0.15, 0.2) is 12.3 Å². The van der Waals surface area contributed by atoms with Gasteiger partial charge in [0, 0.05) is 5.56 Å². The number of hydrogen-bond acceptors (Lipinski definition) is 2. The molecule has 2 atom stereocenters. The standard InChI is InChI=1S/C16H22N2O2/c1-12-7-5-6-10-18(12)11-16(20)17-15-9-4-3-8-14(15)13(2)19/h3-4,8-9,12H,5-7,10-11H2,1-2H3,(H,17,20)/p+1/t12-/m0/s1. The average Bonchev–Trinajstić information content (AvgIpc) is 2.41. The van der Waals surface area contributed by atoms with Crippen molar-refractivity contribution in [3.63, 3.8) is 0 Å². The number of quaternary nitrogens is 1. The molecule has 2 rings (SSSR count). The summed E-state index contributed by atoms with van der Waals surface area (Å²) < 4.78 is 0. The van der Waals surface area contributed by atoms with Crippen molar-refractivity contribution < 1.29 is 14.5 Å². The first kappa shape index (κ1) is 14.7. The van der Waals surface area contributed by atoms with Gasteiger partial charge in [0.1, 0.15) is 0 Å². The minimum atomic E-state index is -0.0282. The van der Waals surface area contributed by atoms with Crippen LogP contribution in [0.4, 0.5) is 5.69 Å². The molecule has 108 valence electrons. The molecule has 1 heterocycles. The van der Waals surface area contributed by atoms with Crippen molar-refractivity contribution >= 4 is 17.4 Å². The highest BCUT2D eigenvalue weighted by Crippen LogP contribution is 2.15. The quantitative estimate of drug-likeness (QED) is 0.813. The molecule has 4 heteroatoms. The van der Waals surface area contributed by atoms with Crippen LogP contribution in [0, 0.1) is 0 Å².